The summed E-state index contributed by atoms with van der Waals surface area (Å²) in [7, 11) is 0. The number of hydrogen-bond acceptors (Lipinski definition) is 3. The predicted octanol–water partition coefficient (Wildman–Crippen LogP) is 2.33. The molecule has 0 fully saturated rings. The summed E-state index contributed by atoms with van der Waals surface area (Å²) in [4.78, 5) is 15.9. The summed E-state index contributed by atoms with van der Waals surface area (Å²) in [6.07, 6.45) is 5.44. The minimum atomic E-state index is 0.776. The first-order chi connectivity index (χ1) is 7.84. The summed E-state index contributed by atoms with van der Waals surface area (Å²) in [6.45, 7) is 1.89. The summed E-state index contributed by atoms with van der Waals surface area (Å²) >= 11 is 0. The SMILES string of the molecule is Cc1nccc(-c2ccnc3[nH]ccc23)n1. The van der Waals surface area contributed by atoms with Gasteiger partial charge in [-0.25, -0.2) is 15.0 Å². The summed E-state index contributed by atoms with van der Waals surface area (Å²) in [5, 5.41) is 1.08. The third-order valence-electron chi connectivity index (χ3n) is 2.51. The van der Waals surface area contributed by atoms with E-state index in [1.165, 1.54) is 0 Å². The molecule has 0 aromatic carbocycles. The van der Waals surface area contributed by atoms with E-state index >= 15 is 0 Å². The largest absolute Gasteiger partial charge is 0.346 e. The second-order valence-corrected chi connectivity index (χ2v) is 3.59. The fourth-order valence-electron chi connectivity index (χ4n) is 1.79. The highest BCUT2D eigenvalue weighted by Crippen LogP contribution is 2.24. The Kier molecular flexibility index (Phi) is 1.93. The minimum absolute atomic E-state index is 0.776. The number of aromatic amines is 1. The molecule has 4 nitrogen and oxygen atoms in total. The van der Waals surface area contributed by atoms with Crippen molar-refractivity contribution in [3.63, 3.8) is 0 Å². The van der Waals surface area contributed by atoms with Crippen molar-refractivity contribution in [3.05, 3.63) is 42.6 Å². The predicted molar refractivity (Wildman–Crippen MR) is 61.9 cm³/mol. The fourth-order valence-corrected chi connectivity index (χ4v) is 1.79. The summed E-state index contributed by atoms with van der Waals surface area (Å²) < 4.78 is 0. The molecule has 4 heteroatoms. The van der Waals surface area contributed by atoms with Crippen molar-refractivity contribution in [2.24, 2.45) is 0 Å². The number of fused-ring (bicyclic) bond motifs is 1. The van der Waals surface area contributed by atoms with Gasteiger partial charge in [-0.15, -0.1) is 0 Å². The average molecular weight is 210 g/mol. The van der Waals surface area contributed by atoms with E-state index in [4.69, 9.17) is 0 Å². The molecule has 3 heterocycles. The molecule has 78 valence electrons. The maximum atomic E-state index is 4.42. The Morgan fingerprint density at radius 3 is 2.81 bits per heavy atom. The van der Waals surface area contributed by atoms with E-state index in [0.29, 0.717) is 0 Å². The van der Waals surface area contributed by atoms with Crippen LogP contribution in [0.5, 0.6) is 0 Å². The summed E-state index contributed by atoms with van der Waals surface area (Å²) in [6, 6.07) is 5.89. The van der Waals surface area contributed by atoms with Crippen LogP contribution in [0.15, 0.2) is 36.8 Å². The van der Waals surface area contributed by atoms with Gasteiger partial charge in [0.15, 0.2) is 0 Å². The van der Waals surface area contributed by atoms with Crippen LogP contribution in [-0.2, 0) is 0 Å². The van der Waals surface area contributed by atoms with Gasteiger partial charge in [0.25, 0.3) is 0 Å². The molecule has 0 amide bonds. The lowest BCUT2D eigenvalue weighted by atomic mass is 10.1. The number of H-pyrrole nitrogens is 1. The first-order valence-electron chi connectivity index (χ1n) is 5.07. The van der Waals surface area contributed by atoms with Crippen molar-refractivity contribution >= 4 is 11.0 Å². The molecule has 0 saturated carbocycles. The molecule has 3 aromatic heterocycles. The Hall–Kier alpha value is -2.23. The van der Waals surface area contributed by atoms with Gasteiger partial charge in [-0.3, -0.25) is 0 Å². The monoisotopic (exact) mass is 210 g/mol. The molecule has 3 aromatic rings. The number of hydrogen-bond donors (Lipinski definition) is 1. The Morgan fingerprint density at radius 2 is 1.94 bits per heavy atom. The number of rotatable bonds is 1. The van der Waals surface area contributed by atoms with Crippen molar-refractivity contribution < 1.29 is 0 Å². The van der Waals surface area contributed by atoms with Gasteiger partial charge in [-0.1, -0.05) is 0 Å². The molecule has 0 bridgehead atoms. The van der Waals surface area contributed by atoms with Crippen LogP contribution in [0.4, 0.5) is 0 Å². The van der Waals surface area contributed by atoms with E-state index in [2.05, 4.69) is 19.9 Å². The lowest BCUT2D eigenvalue weighted by Crippen LogP contribution is -1.90. The van der Waals surface area contributed by atoms with Gasteiger partial charge in [0.2, 0.25) is 0 Å². The molecule has 16 heavy (non-hydrogen) atoms. The molecule has 1 N–H and O–H groups in total. The lowest BCUT2D eigenvalue weighted by Gasteiger charge is -2.02. The zero-order valence-corrected chi connectivity index (χ0v) is 8.81. The Balaban J connectivity index is 2.29. The van der Waals surface area contributed by atoms with E-state index in [9.17, 15) is 0 Å². The average Bonchev–Trinajstić information content (AvgIpc) is 2.76. The number of nitrogens with one attached hydrogen (secondary N) is 1. The van der Waals surface area contributed by atoms with Crippen LogP contribution in [0.2, 0.25) is 0 Å². The standard InChI is InChI=1S/C12H10N4/c1-8-13-7-4-11(16-8)9-2-5-14-12-10(9)3-6-15-12/h2-7H,1H3,(H,14,15). The summed E-state index contributed by atoms with van der Waals surface area (Å²) in [5.74, 6) is 0.776. The smallest absolute Gasteiger partial charge is 0.137 e. The summed E-state index contributed by atoms with van der Waals surface area (Å²) in [5.41, 5.74) is 2.89. The molecule has 0 radical (unpaired) electrons. The van der Waals surface area contributed by atoms with Gasteiger partial charge in [0.1, 0.15) is 11.5 Å². The third-order valence-corrected chi connectivity index (χ3v) is 2.51. The van der Waals surface area contributed by atoms with E-state index in [1.807, 2.05) is 31.3 Å². The van der Waals surface area contributed by atoms with Crippen LogP contribution < -0.4 is 0 Å². The van der Waals surface area contributed by atoms with Crippen LogP contribution in [-0.4, -0.2) is 19.9 Å². The van der Waals surface area contributed by atoms with Gasteiger partial charge in [0.05, 0.1) is 5.69 Å². The second kappa shape index (κ2) is 3.41. The normalized spacial score (nSPS) is 10.8. The van der Waals surface area contributed by atoms with Gasteiger partial charge in [0, 0.05) is 29.5 Å². The maximum absolute atomic E-state index is 4.42. The molecule has 0 aliphatic heterocycles. The van der Waals surface area contributed by atoms with Gasteiger partial charge >= 0.3 is 0 Å². The van der Waals surface area contributed by atoms with E-state index in [1.54, 1.807) is 12.4 Å². The first kappa shape index (κ1) is 9.03. The van der Waals surface area contributed by atoms with E-state index in [0.717, 1.165) is 28.1 Å². The highest BCUT2D eigenvalue weighted by Gasteiger charge is 2.06. The highest BCUT2D eigenvalue weighted by molar-refractivity contribution is 5.91. The number of nitrogens with zero attached hydrogens (tertiary/aromatic N) is 3. The zero-order valence-electron chi connectivity index (χ0n) is 8.81. The topological polar surface area (TPSA) is 54.5 Å². The van der Waals surface area contributed by atoms with Gasteiger partial charge in [-0.2, -0.15) is 0 Å². The number of aromatic nitrogens is 4. The van der Waals surface area contributed by atoms with Crippen LogP contribution in [0.25, 0.3) is 22.3 Å². The fraction of sp³-hybridized carbons (Fsp3) is 0.0833. The van der Waals surface area contributed by atoms with Crippen LogP contribution in [0.1, 0.15) is 5.82 Å². The third kappa shape index (κ3) is 1.35. The Bertz CT molecular complexity index is 642. The molecule has 0 atom stereocenters. The van der Waals surface area contributed by atoms with Crippen molar-refractivity contribution in [1.29, 1.82) is 0 Å². The highest BCUT2D eigenvalue weighted by atomic mass is 14.9. The van der Waals surface area contributed by atoms with Crippen LogP contribution in [0, 0.1) is 6.92 Å². The first-order valence-corrected chi connectivity index (χ1v) is 5.07. The van der Waals surface area contributed by atoms with Crippen molar-refractivity contribution in [2.45, 2.75) is 6.92 Å². The number of pyridine rings is 1. The van der Waals surface area contributed by atoms with Crippen LogP contribution in [0.3, 0.4) is 0 Å². The van der Waals surface area contributed by atoms with Crippen molar-refractivity contribution in [2.75, 3.05) is 0 Å². The maximum Gasteiger partial charge on any atom is 0.137 e. The van der Waals surface area contributed by atoms with E-state index in [-0.39, 0.29) is 0 Å². The lowest BCUT2D eigenvalue weighted by molar-refractivity contribution is 1.06. The van der Waals surface area contributed by atoms with Crippen molar-refractivity contribution in [1.82, 2.24) is 19.9 Å². The van der Waals surface area contributed by atoms with Gasteiger partial charge < -0.3 is 4.98 Å². The Morgan fingerprint density at radius 1 is 1.06 bits per heavy atom. The zero-order chi connectivity index (χ0) is 11.0. The molecular formula is C12H10N4. The molecule has 0 aliphatic carbocycles. The molecule has 0 unspecified atom stereocenters. The molecule has 0 saturated heterocycles. The Labute approximate surface area is 92.4 Å². The molecule has 0 spiro atoms. The van der Waals surface area contributed by atoms with Crippen LogP contribution >= 0.6 is 0 Å². The second-order valence-electron chi connectivity index (χ2n) is 3.59. The molecular weight excluding hydrogens is 200 g/mol. The molecule has 3 rings (SSSR count). The van der Waals surface area contributed by atoms with Gasteiger partial charge in [-0.05, 0) is 25.1 Å². The number of aryl methyl sites for hydroxylation is 1. The quantitative estimate of drug-likeness (QED) is 0.670. The minimum Gasteiger partial charge on any atom is -0.346 e. The molecule has 0 aliphatic rings. The van der Waals surface area contributed by atoms with Crippen molar-refractivity contribution in [3.8, 4) is 11.3 Å². The van der Waals surface area contributed by atoms with E-state index < -0.39 is 0 Å².